The van der Waals surface area contributed by atoms with Crippen molar-refractivity contribution in [1.82, 2.24) is 15.4 Å². The van der Waals surface area contributed by atoms with Gasteiger partial charge in [-0.15, -0.1) is 12.4 Å². The van der Waals surface area contributed by atoms with Crippen molar-refractivity contribution in [3.8, 4) is 0 Å². The van der Waals surface area contributed by atoms with Gasteiger partial charge in [0, 0.05) is 25.2 Å². The Morgan fingerprint density at radius 3 is 3.06 bits per heavy atom. The van der Waals surface area contributed by atoms with Crippen molar-refractivity contribution >= 4 is 18.3 Å². The first kappa shape index (κ1) is 14.0. The largest absolute Gasteiger partial charge is 0.351 e. The van der Waals surface area contributed by atoms with Gasteiger partial charge in [-0.05, 0) is 26.8 Å². The van der Waals surface area contributed by atoms with Gasteiger partial charge in [-0.2, -0.15) is 0 Å². The van der Waals surface area contributed by atoms with Gasteiger partial charge in [0.1, 0.15) is 0 Å². The van der Waals surface area contributed by atoms with Crippen LogP contribution in [0.4, 0.5) is 0 Å². The SMILES string of the molecule is CNCC1CCCN1C(=O)c1cc(C)no1.Cl. The third kappa shape index (κ3) is 2.98. The maximum atomic E-state index is 12.1. The van der Waals surface area contributed by atoms with E-state index in [9.17, 15) is 4.79 Å². The number of aromatic nitrogens is 1. The molecule has 1 aliphatic rings. The second-order valence-corrected chi connectivity index (χ2v) is 4.18. The number of hydrogen-bond donors (Lipinski definition) is 1. The molecule has 1 aromatic rings. The van der Waals surface area contributed by atoms with Crippen molar-refractivity contribution in [2.45, 2.75) is 25.8 Å². The quantitative estimate of drug-likeness (QED) is 0.887. The number of hydrogen-bond acceptors (Lipinski definition) is 4. The van der Waals surface area contributed by atoms with E-state index in [0.29, 0.717) is 5.76 Å². The normalized spacial score (nSPS) is 19.2. The molecule has 1 fully saturated rings. The predicted molar refractivity (Wildman–Crippen MR) is 66.5 cm³/mol. The van der Waals surface area contributed by atoms with Gasteiger partial charge >= 0.3 is 0 Å². The van der Waals surface area contributed by atoms with Crippen LogP contribution in [-0.4, -0.2) is 42.1 Å². The fourth-order valence-electron chi connectivity index (χ4n) is 2.16. The summed E-state index contributed by atoms with van der Waals surface area (Å²) in [5.74, 6) is 0.304. The monoisotopic (exact) mass is 259 g/mol. The van der Waals surface area contributed by atoms with Gasteiger partial charge in [0.25, 0.3) is 5.91 Å². The van der Waals surface area contributed by atoms with Crippen LogP contribution in [0.25, 0.3) is 0 Å². The average Bonchev–Trinajstić information content (AvgIpc) is 2.87. The lowest BCUT2D eigenvalue weighted by Gasteiger charge is -2.23. The highest BCUT2D eigenvalue weighted by molar-refractivity contribution is 5.91. The summed E-state index contributed by atoms with van der Waals surface area (Å²) in [7, 11) is 1.90. The van der Waals surface area contributed by atoms with Crippen LogP contribution < -0.4 is 5.32 Å². The van der Waals surface area contributed by atoms with Crippen LogP contribution in [0.1, 0.15) is 29.1 Å². The van der Waals surface area contributed by atoms with Crippen LogP contribution >= 0.6 is 12.4 Å². The van der Waals surface area contributed by atoms with Crippen LogP contribution in [0.15, 0.2) is 10.6 Å². The number of likely N-dealkylation sites (N-methyl/N-ethyl adjacent to an activating group) is 1. The molecule has 0 saturated carbocycles. The van der Waals surface area contributed by atoms with Gasteiger partial charge in [0.2, 0.25) is 5.76 Å². The summed E-state index contributed by atoms with van der Waals surface area (Å²) in [5.41, 5.74) is 0.743. The lowest BCUT2D eigenvalue weighted by Crippen LogP contribution is -2.40. The van der Waals surface area contributed by atoms with E-state index < -0.39 is 0 Å². The van der Waals surface area contributed by atoms with E-state index in [2.05, 4.69) is 10.5 Å². The summed E-state index contributed by atoms with van der Waals surface area (Å²) in [6.07, 6.45) is 2.12. The summed E-state index contributed by atoms with van der Waals surface area (Å²) < 4.78 is 5.00. The molecule has 0 spiro atoms. The summed E-state index contributed by atoms with van der Waals surface area (Å²) in [6.45, 7) is 3.46. The Bertz CT molecular complexity index is 381. The molecule has 2 heterocycles. The van der Waals surface area contributed by atoms with Crippen molar-refractivity contribution < 1.29 is 9.32 Å². The minimum atomic E-state index is -0.0432. The molecule has 1 aromatic heterocycles. The van der Waals surface area contributed by atoms with Crippen LogP contribution in [-0.2, 0) is 0 Å². The van der Waals surface area contributed by atoms with Crippen LogP contribution in [0.5, 0.6) is 0 Å². The van der Waals surface area contributed by atoms with E-state index in [-0.39, 0.29) is 24.4 Å². The fraction of sp³-hybridized carbons (Fsp3) is 0.636. The number of rotatable bonds is 3. The van der Waals surface area contributed by atoms with Gasteiger partial charge in [-0.3, -0.25) is 4.79 Å². The average molecular weight is 260 g/mol. The molecule has 17 heavy (non-hydrogen) atoms. The van der Waals surface area contributed by atoms with E-state index >= 15 is 0 Å². The molecular weight excluding hydrogens is 242 g/mol. The summed E-state index contributed by atoms with van der Waals surface area (Å²) in [4.78, 5) is 14.0. The Morgan fingerprint density at radius 2 is 2.47 bits per heavy atom. The number of aryl methyl sites for hydroxylation is 1. The van der Waals surface area contributed by atoms with Gasteiger partial charge in [-0.25, -0.2) is 0 Å². The number of carbonyl (C=O) groups excluding carboxylic acids is 1. The third-order valence-corrected chi connectivity index (χ3v) is 2.92. The molecule has 0 aliphatic carbocycles. The van der Waals surface area contributed by atoms with Gasteiger partial charge in [0.05, 0.1) is 5.69 Å². The van der Waals surface area contributed by atoms with Crippen LogP contribution in [0.2, 0.25) is 0 Å². The maximum Gasteiger partial charge on any atom is 0.292 e. The van der Waals surface area contributed by atoms with Crippen molar-refractivity contribution in [2.75, 3.05) is 20.1 Å². The standard InChI is InChI=1S/C11H17N3O2.ClH/c1-8-6-10(16-13-8)11(15)14-5-3-4-9(14)7-12-2;/h6,9,12H,3-5,7H2,1-2H3;1H. The van der Waals surface area contributed by atoms with E-state index in [1.54, 1.807) is 6.07 Å². The third-order valence-electron chi connectivity index (χ3n) is 2.92. The molecular formula is C11H18ClN3O2. The van der Waals surface area contributed by atoms with Gasteiger partial charge < -0.3 is 14.7 Å². The minimum Gasteiger partial charge on any atom is -0.351 e. The number of halogens is 1. The zero-order valence-electron chi connectivity index (χ0n) is 10.1. The Kier molecular flexibility index (Phi) is 4.96. The topological polar surface area (TPSA) is 58.4 Å². The van der Waals surface area contributed by atoms with Gasteiger partial charge in [-0.1, -0.05) is 5.16 Å². The lowest BCUT2D eigenvalue weighted by atomic mass is 10.2. The zero-order chi connectivity index (χ0) is 11.5. The summed E-state index contributed by atoms with van der Waals surface area (Å²) in [6, 6.07) is 1.97. The molecule has 1 aliphatic heterocycles. The lowest BCUT2D eigenvalue weighted by molar-refractivity contribution is 0.0695. The highest BCUT2D eigenvalue weighted by Crippen LogP contribution is 2.19. The number of carbonyl (C=O) groups is 1. The Hall–Kier alpha value is -1.07. The number of amides is 1. The second-order valence-electron chi connectivity index (χ2n) is 4.18. The van der Waals surface area contributed by atoms with Crippen molar-refractivity contribution in [3.05, 3.63) is 17.5 Å². The Morgan fingerprint density at radius 1 is 1.71 bits per heavy atom. The predicted octanol–water partition coefficient (Wildman–Crippen LogP) is 1.23. The Balaban J connectivity index is 0.00000144. The first-order valence-electron chi connectivity index (χ1n) is 5.61. The molecule has 0 aromatic carbocycles. The minimum absolute atomic E-state index is 0. The summed E-state index contributed by atoms with van der Waals surface area (Å²) in [5, 5.41) is 6.85. The molecule has 1 N–H and O–H groups in total. The fourth-order valence-corrected chi connectivity index (χ4v) is 2.16. The molecule has 0 bridgehead atoms. The molecule has 1 atom stereocenters. The van der Waals surface area contributed by atoms with Gasteiger partial charge in [0.15, 0.2) is 0 Å². The number of nitrogens with one attached hydrogen (secondary N) is 1. The van der Waals surface area contributed by atoms with Crippen LogP contribution in [0, 0.1) is 6.92 Å². The van der Waals surface area contributed by atoms with E-state index in [4.69, 9.17) is 4.52 Å². The first-order chi connectivity index (χ1) is 7.72. The highest BCUT2D eigenvalue weighted by Gasteiger charge is 2.30. The first-order valence-corrected chi connectivity index (χ1v) is 5.61. The van der Waals surface area contributed by atoms with Crippen molar-refractivity contribution in [3.63, 3.8) is 0 Å². The van der Waals surface area contributed by atoms with Crippen molar-refractivity contribution in [1.29, 1.82) is 0 Å². The van der Waals surface area contributed by atoms with E-state index in [1.165, 1.54) is 0 Å². The molecule has 6 heteroatoms. The molecule has 1 unspecified atom stereocenters. The van der Waals surface area contributed by atoms with E-state index in [0.717, 1.165) is 31.6 Å². The number of nitrogens with zero attached hydrogens (tertiary/aromatic N) is 2. The second kappa shape index (κ2) is 6.02. The molecule has 0 radical (unpaired) electrons. The summed E-state index contributed by atoms with van der Waals surface area (Å²) >= 11 is 0. The Labute approximate surface area is 107 Å². The molecule has 1 amide bonds. The zero-order valence-corrected chi connectivity index (χ0v) is 10.9. The smallest absolute Gasteiger partial charge is 0.292 e. The highest BCUT2D eigenvalue weighted by atomic mass is 35.5. The van der Waals surface area contributed by atoms with Crippen LogP contribution in [0.3, 0.4) is 0 Å². The molecule has 2 rings (SSSR count). The number of likely N-dealkylation sites (tertiary alicyclic amines) is 1. The molecule has 96 valence electrons. The molecule has 1 saturated heterocycles. The van der Waals surface area contributed by atoms with Crippen molar-refractivity contribution in [2.24, 2.45) is 0 Å². The molecule has 5 nitrogen and oxygen atoms in total. The van der Waals surface area contributed by atoms with E-state index in [1.807, 2.05) is 18.9 Å². The maximum absolute atomic E-state index is 12.1.